The van der Waals surface area contributed by atoms with Crippen LogP contribution in [-0.2, 0) is 16.0 Å². The third kappa shape index (κ3) is 4.18. The molecule has 0 aromatic heterocycles. The first kappa shape index (κ1) is 17.9. The van der Waals surface area contributed by atoms with Gasteiger partial charge in [-0.3, -0.25) is 4.79 Å². The number of ether oxygens (including phenoxy) is 1. The predicted octanol–water partition coefficient (Wildman–Crippen LogP) is 2.98. The third-order valence-electron chi connectivity index (χ3n) is 4.27. The molecule has 0 unspecified atom stereocenters. The van der Waals surface area contributed by atoms with E-state index in [4.69, 9.17) is 16.3 Å². The van der Waals surface area contributed by atoms with E-state index >= 15 is 0 Å². The third-order valence-corrected chi connectivity index (χ3v) is 4.49. The Morgan fingerprint density at radius 2 is 2.04 bits per heavy atom. The number of hydrogen-bond acceptors (Lipinski definition) is 3. The predicted molar refractivity (Wildman–Crippen MR) is 92.8 cm³/mol. The van der Waals surface area contributed by atoms with Gasteiger partial charge in [0, 0.05) is 11.6 Å². The van der Waals surface area contributed by atoms with Crippen molar-refractivity contribution in [3.63, 3.8) is 0 Å². The van der Waals surface area contributed by atoms with Gasteiger partial charge in [-0.25, -0.2) is 4.39 Å². The van der Waals surface area contributed by atoms with Gasteiger partial charge in [0.05, 0.1) is 25.7 Å². The second-order valence-corrected chi connectivity index (χ2v) is 6.43. The number of hydrogen-bond donors (Lipinski definition) is 1. The van der Waals surface area contributed by atoms with E-state index in [0.29, 0.717) is 18.7 Å². The highest BCUT2D eigenvalue weighted by Gasteiger charge is 2.35. The molecule has 1 heterocycles. The average molecular weight is 364 g/mol. The Labute approximate surface area is 150 Å². The molecule has 0 radical (unpaired) electrons. The zero-order valence-electron chi connectivity index (χ0n) is 13.6. The first-order valence-corrected chi connectivity index (χ1v) is 8.48. The van der Waals surface area contributed by atoms with Crippen LogP contribution in [0.25, 0.3) is 0 Å². The van der Waals surface area contributed by atoms with Crippen LogP contribution in [0.15, 0.2) is 48.5 Å². The maximum absolute atomic E-state index is 13.5. The topological polar surface area (TPSA) is 49.8 Å². The Hall–Kier alpha value is -1.95. The Bertz CT molecular complexity index is 720. The lowest BCUT2D eigenvalue weighted by atomic mass is 9.97. The molecule has 1 amide bonds. The molecule has 1 aliphatic rings. The summed E-state index contributed by atoms with van der Waals surface area (Å²) in [6.45, 7) is 0.581. The van der Waals surface area contributed by atoms with E-state index < -0.39 is 11.9 Å². The monoisotopic (exact) mass is 363 g/mol. The molecule has 1 saturated heterocycles. The van der Waals surface area contributed by atoms with Crippen molar-refractivity contribution in [2.24, 2.45) is 0 Å². The summed E-state index contributed by atoms with van der Waals surface area (Å²) in [5.41, 5.74) is 1.42. The molecule has 4 nitrogen and oxygen atoms in total. The summed E-state index contributed by atoms with van der Waals surface area (Å²) in [4.78, 5) is 14.6. The SMILES string of the molecule is O=C(Cc1cc(F)cc(Cl)c1)N1CCO[C@@H](CO)[C@@H]1c1ccccc1. The van der Waals surface area contributed by atoms with Crippen LogP contribution >= 0.6 is 11.6 Å². The Morgan fingerprint density at radius 3 is 2.72 bits per heavy atom. The van der Waals surface area contributed by atoms with Gasteiger partial charge in [-0.2, -0.15) is 0 Å². The second-order valence-electron chi connectivity index (χ2n) is 5.99. The van der Waals surface area contributed by atoms with E-state index in [1.807, 2.05) is 30.3 Å². The van der Waals surface area contributed by atoms with Crippen LogP contribution in [-0.4, -0.2) is 41.8 Å². The first-order valence-electron chi connectivity index (χ1n) is 8.10. The van der Waals surface area contributed by atoms with Crippen molar-refractivity contribution in [2.75, 3.05) is 19.8 Å². The van der Waals surface area contributed by atoms with E-state index in [1.54, 1.807) is 11.0 Å². The molecular formula is C19H19ClFNO3. The van der Waals surface area contributed by atoms with Crippen LogP contribution in [0.1, 0.15) is 17.2 Å². The number of halogens is 2. The zero-order valence-corrected chi connectivity index (χ0v) is 14.3. The zero-order chi connectivity index (χ0) is 17.8. The number of amides is 1. The number of morpholine rings is 1. The molecule has 6 heteroatoms. The normalized spacial score (nSPS) is 20.5. The van der Waals surface area contributed by atoms with Gasteiger partial charge in [0.1, 0.15) is 11.9 Å². The lowest BCUT2D eigenvalue weighted by Gasteiger charge is -2.41. The Morgan fingerprint density at radius 1 is 1.28 bits per heavy atom. The summed E-state index contributed by atoms with van der Waals surface area (Å²) in [5.74, 6) is -0.623. The van der Waals surface area contributed by atoms with Crippen LogP contribution in [0.5, 0.6) is 0 Å². The van der Waals surface area contributed by atoms with Crippen molar-refractivity contribution in [3.8, 4) is 0 Å². The average Bonchev–Trinajstić information content (AvgIpc) is 2.60. The highest BCUT2D eigenvalue weighted by Crippen LogP contribution is 2.30. The molecule has 0 aliphatic carbocycles. The summed E-state index contributed by atoms with van der Waals surface area (Å²) >= 11 is 5.87. The van der Waals surface area contributed by atoms with Crippen LogP contribution in [0, 0.1) is 5.82 Å². The molecule has 2 aromatic rings. The van der Waals surface area contributed by atoms with Crippen molar-refractivity contribution < 1.29 is 19.0 Å². The number of nitrogens with zero attached hydrogens (tertiary/aromatic N) is 1. The highest BCUT2D eigenvalue weighted by atomic mass is 35.5. The summed E-state index contributed by atoms with van der Waals surface area (Å²) < 4.78 is 19.2. The number of carbonyl (C=O) groups is 1. The van der Waals surface area contributed by atoms with Crippen LogP contribution < -0.4 is 0 Å². The number of rotatable bonds is 4. The van der Waals surface area contributed by atoms with Crippen LogP contribution in [0.4, 0.5) is 4.39 Å². The highest BCUT2D eigenvalue weighted by molar-refractivity contribution is 6.30. The van der Waals surface area contributed by atoms with Gasteiger partial charge in [-0.05, 0) is 29.3 Å². The largest absolute Gasteiger partial charge is 0.394 e. The van der Waals surface area contributed by atoms with E-state index in [1.165, 1.54) is 12.1 Å². The molecule has 132 valence electrons. The van der Waals surface area contributed by atoms with Gasteiger partial charge in [0.15, 0.2) is 0 Å². The fourth-order valence-electron chi connectivity index (χ4n) is 3.20. The maximum atomic E-state index is 13.5. The second kappa shape index (κ2) is 7.95. The molecule has 1 aliphatic heterocycles. The molecule has 0 bridgehead atoms. The van der Waals surface area contributed by atoms with E-state index in [2.05, 4.69) is 0 Å². The number of carbonyl (C=O) groups excluding carboxylic acids is 1. The number of benzene rings is 2. The van der Waals surface area contributed by atoms with Gasteiger partial charge < -0.3 is 14.7 Å². The minimum atomic E-state index is -0.490. The van der Waals surface area contributed by atoms with Gasteiger partial charge >= 0.3 is 0 Å². The summed E-state index contributed by atoms with van der Waals surface area (Å²) in [6, 6.07) is 13.2. The minimum Gasteiger partial charge on any atom is -0.394 e. The molecular weight excluding hydrogens is 345 g/mol. The molecule has 2 atom stereocenters. The van der Waals surface area contributed by atoms with Crippen molar-refractivity contribution >= 4 is 17.5 Å². The van der Waals surface area contributed by atoms with E-state index in [9.17, 15) is 14.3 Å². The Balaban J connectivity index is 1.85. The summed E-state index contributed by atoms with van der Waals surface area (Å²) in [5, 5.41) is 9.92. The standard InChI is InChI=1S/C19H19ClFNO3/c20-15-8-13(9-16(21)11-15)10-18(24)22-6-7-25-17(12-23)19(22)14-4-2-1-3-5-14/h1-5,8-9,11,17,19,23H,6-7,10,12H2/t17-,19-/m0/s1. The van der Waals surface area contributed by atoms with Gasteiger partial charge in [-0.15, -0.1) is 0 Å². The van der Waals surface area contributed by atoms with Crippen LogP contribution in [0.2, 0.25) is 5.02 Å². The van der Waals surface area contributed by atoms with Crippen LogP contribution in [0.3, 0.4) is 0 Å². The number of aliphatic hydroxyl groups excluding tert-OH is 1. The van der Waals surface area contributed by atoms with E-state index in [-0.39, 0.29) is 30.0 Å². The molecule has 0 spiro atoms. The number of aliphatic hydroxyl groups is 1. The van der Waals surface area contributed by atoms with Crippen molar-refractivity contribution in [1.29, 1.82) is 0 Å². The lowest BCUT2D eigenvalue weighted by molar-refractivity contribution is -0.149. The fraction of sp³-hybridized carbons (Fsp3) is 0.316. The van der Waals surface area contributed by atoms with Gasteiger partial charge in [0.25, 0.3) is 0 Å². The fourth-order valence-corrected chi connectivity index (χ4v) is 3.44. The maximum Gasteiger partial charge on any atom is 0.227 e. The molecule has 1 fully saturated rings. The van der Waals surface area contributed by atoms with Gasteiger partial charge in [-0.1, -0.05) is 41.9 Å². The smallest absolute Gasteiger partial charge is 0.227 e. The van der Waals surface area contributed by atoms with Crippen molar-refractivity contribution in [3.05, 3.63) is 70.5 Å². The quantitative estimate of drug-likeness (QED) is 0.908. The van der Waals surface area contributed by atoms with E-state index in [0.717, 1.165) is 5.56 Å². The van der Waals surface area contributed by atoms with Crippen molar-refractivity contribution in [1.82, 2.24) is 4.90 Å². The molecule has 0 saturated carbocycles. The summed E-state index contributed by atoms with van der Waals surface area (Å²) in [6.07, 6.45) is -0.449. The molecule has 3 rings (SSSR count). The minimum absolute atomic E-state index is 0.0406. The Kier molecular flexibility index (Phi) is 5.68. The molecule has 2 aromatic carbocycles. The summed E-state index contributed by atoms with van der Waals surface area (Å²) in [7, 11) is 0. The lowest BCUT2D eigenvalue weighted by Crippen LogP contribution is -2.49. The van der Waals surface area contributed by atoms with Gasteiger partial charge in [0.2, 0.25) is 5.91 Å². The molecule has 1 N–H and O–H groups in total. The molecule has 25 heavy (non-hydrogen) atoms. The van der Waals surface area contributed by atoms with Crippen molar-refractivity contribution in [2.45, 2.75) is 18.6 Å². The first-order chi connectivity index (χ1) is 12.1.